The summed E-state index contributed by atoms with van der Waals surface area (Å²) in [5, 5.41) is 3.13. The number of nitrogens with two attached hydrogens (primary N) is 1. The zero-order valence-corrected chi connectivity index (χ0v) is 9.96. The van der Waals surface area contributed by atoms with Crippen molar-refractivity contribution in [2.45, 2.75) is 52.0 Å². The first-order chi connectivity index (χ1) is 7.17. The van der Waals surface area contributed by atoms with Gasteiger partial charge in [-0.1, -0.05) is 26.7 Å². The molecule has 1 fully saturated rings. The number of rotatable bonds is 4. The molecule has 3 N–H and O–H groups in total. The predicted molar refractivity (Wildman–Crippen MR) is 62.4 cm³/mol. The van der Waals surface area contributed by atoms with Crippen molar-refractivity contribution in [3.63, 3.8) is 0 Å². The largest absolute Gasteiger partial charge is 0.353 e. The fourth-order valence-electron chi connectivity index (χ4n) is 2.34. The minimum atomic E-state index is 0.00207. The molecule has 1 saturated carbocycles. The van der Waals surface area contributed by atoms with Gasteiger partial charge in [0.2, 0.25) is 5.91 Å². The van der Waals surface area contributed by atoms with Crippen LogP contribution < -0.4 is 11.1 Å². The third-order valence-corrected chi connectivity index (χ3v) is 3.43. The maximum absolute atomic E-state index is 11.8. The summed E-state index contributed by atoms with van der Waals surface area (Å²) in [7, 11) is 0. The Morgan fingerprint density at radius 2 is 2.27 bits per heavy atom. The second-order valence-electron chi connectivity index (χ2n) is 4.82. The Morgan fingerprint density at radius 3 is 2.80 bits per heavy atom. The molecule has 88 valence electrons. The summed E-state index contributed by atoms with van der Waals surface area (Å²) in [5.41, 5.74) is 5.56. The Balaban J connectivity index is 2.36. The van der Waals surface area contributed by atoms with Crippen molar-refractivity contribution in [2.24, 2.45) is 17.6 Å². The van der Waals surface area contributed by atoms with E-state index in [4.69, 9.17) is 5.73 Å². The Kier molecular flexibility index (Phi) is 5.09. The predicted octanol–water partition coefficient (Wildman–Crippen LogP) is 1.67. The van der Waals surface area contributed by atoms with Gasteiger partial charge in [0, 0.05) is 18.5 Å². The smallest absolute Gasteiger partial charge is 0.224 e. The molecule has 3 heteroatoms. The molecule has 3 atom stereocenters. The highest BCUT2D eigenvalue weighted by Gasteiger charge is 2.22. The van der Waals surface area contributed by atoms with E-state index in [0.717, 1.165) is 25.2 Å². The first kappa shape index (κ1) is 12.5. The highest BCUT2D eigenvalue weighted by Crippen LogP contribution is 2.23. The van der Waals surface area contributed by atoms with E-state index in [9.17, 15) is 4.79 Å². The molecule has 0 aromatic rings. The topological polar surface area (TPSA) is 55.1 Å². The molecule has 0 bridgehead atoms. The first-order valence-electron chi connectivity index (χ1n) is 6.17. The molecule has 0 aromatic carbocycles. The summed E-state index contributed by atoms with van der Waals surface area (Å²) < 4.78 is 0. The van der Waals surface area contributed by atoms with Gasteiger partial charge in [-0.2, -0.15) is 0 Å². The highest BCUT2D eigenvalue weighted by molar-refractivity contribution is 5.79. The van der Waals surface area contributed by atoms with Crippen molar-refractivity contribution < 1.29 is 4.79 Å². The second-order valence-corrected chi connectivity index (χ2v) is 4.82. The van der Waals surface area contributed by atoms with Crippen LogP contribution in [0.15, 0.2) is 0 Å². The van der Waals surface area contributed by atoms with Gasteiger partial charge in [-0.15, -0.1) is 0 Å². The molecular formula is C12H24N2O. The highest BCUT2D eigenvalue weighted by atomic mass is 16.1. The fourth-order valence-corrected chi connectivity index (χ4v) is 2.34. The zero-order valence-electron chi connectivity index (χ0n) is 9.96. The van der Waals surface area contributed by atoms with Crippen molar-refractivity contribution in [2.75, 3.05) is 6.54 Å². The number of amides is 1. The summed E-state index contributed by atoms with van der Waals surface area (Å²) in [6.45, 7) is 4.74. The lowest BCUT2D eigenvalue weighted by molar-refractivity contribution is -0.125. The molecule has 1 amide bonds. The van der Waals surface area contributed by atoms with Crippen LogP contribution in [-0.4, -0.2) is 18.5 Å². The second kappa shape index (κ2) is 6.11. The summed E-state index contributed by atoms with van der Waals surface area (Å²) in [4.78, 5) is 11.8. The van der Waals surface area contributed by atoms with Crippen molar-refractivity contribution in [3.8, 4) is 0 Å². The molecule has 3 nitrogen and oxygen atoms in total. The van der Waals surface area contributed by atoms with Crippen LogP contribution in [0.5, 0.6) is 0 Å². The maximum Gasteiger partial charge on any atom is 0.224 e. The number of hydrogen-bond acceptors (Lipinski definition) is 2. The van der Waals surface area contributed by atoms with Gasteiger partial charge in [0.05, 0.1) is 0 Å². The lowest BCUT2D eigenvalue weighted by atomic mass is 9.87. The van der Waals surface area contributed by atoms with Gasteiger partial charge in [-0.3, -0.25) is 4.79 Å². The van der Waals surface area contributed by atoms with Gasteiger partial charge in [-0.05, 0) is 25.2 Å². The van der Waals surface area contributed by atoms with E-state index >= 15 is 0 Å². The van der Waals surface area contributed by atoms with Crippen LogP contribution >= 0.6 is 0 Å². The minimum Gasteiger partial charge on any atom is -0.353 e. The van der Waals surface area contributed by atoms with Gasteiger partial charge in [0.15, 0.2) is 0 Å². The lowest BCUT2D eigenvalue weighted by Crippen LogP contribution is -2.42. The maximum atomic E-state index is 11.8. The Morgan fingerprint density at radius 1 is 1.53 bits per heavy atom. The molecule has 1 rings (SSSR count). The van der Waals surface area contributed by atoms with Gasteiger partial charge in [0.25, 0.3) is 0 Å². The molecule has 0 aliphatic heterocycles. The normalized spacial score (nSPS) is 28.5. The molecule has 0 spiro atoms. The number of carbonyl (C=O) groups excluding carboxylic acids is 1. The number of carbonyl (C=O) groups is 1. The van der Waals surface area contributed by atoms with Crippen LogP contribution in [0.1, 0.15) is 46.0 Å². The zero-order chi connectivity index (χ0) is 11.3. The molecule has 0 heterocycles. The Hall–Kier alpha value is -0.570. The fraction of sp³-hybridized carbons (Fsp3) is 0.917. The Labute approximate surface area is 92.8 Å². The molecule has 1 aliphatic rings. The molecule has 0 aromatic heterocycles. The SMILES string of the molecule is CCC(CN)C(=O)NC1CCCC(C)C1. The van der Waals surface area contributed by atoms with Crippen LogP contribution in [0.25, 0.3) is 0 Å². The quantitative estimate of drug-likeness (QED) is 0.744. The lowest BCUT2D eigenvalue weighted by Gasteiger charge is -2.28. The molecule has 15 heavy (non-hydrogen) atoms. The summed E-state index contributed by atoms with van der Waals surface area (Å²) >= 11 is 0. The summed E-state index contributed by atoms with van der Waals surface area (Å²) in [5.74, 6) is 0.906. The third-order valence-electron chi connectivity index (χ3n) is 3.43. The van der Waals surface area contributed by atoms with Crippen molar-refractivity contribution >= 4 is 5.91 Å². The van der Waals surface area contributed by atoms with E-state index in [1.54, 1.807) is 0 Å². The van der Waals surface area contributed by atoms with E-state index in [2.05, 4.69) is 12.2 Å². The van der Waals surface area contributed by atoms with E-state index in [1.807, 2.05) is 6.92 Å². The summed E-state index contributed by atoms with van der Waals surface area (Å²) in [6.07, 6.45) is 5.65. The van der Waals surface area contributed by atoms with E-state index < -0.39 is 0 Å². The van der Waals surface area contributed by atoms with Gasteiger partial charge >= 0.3 is 0 Å². The first-order valence-corrected chi connectivity index (χ1v) is 6.17. The van der Waals surface area contributed by atoms with Crippen LogP contribution in [0.3, 0.4) is 0 Å². The van der Waals surface area contributed by atoms with E-state index in [-0.39, 0.29) is 11.8 Å². The van der Waals surface area contributed by atoms with Gasteiger partial charge in [-0.25, -0.2) is 0 Å². The van der Waals surface area contributed by atoms with Crippen LogP contribution in [0.2, 0.25) is 0 Å². The number of nitrogens with one attached hydrogen (secondary N) is 1. The molecular weight excluding hydrogens is 188 g/mol. The third kappa shape index (κ3) is 3.82. The summed E-state index contributed by atoms with van der Waals surface area (Å²) in [6, 6.07) is 0.391. The molecule has 1 aliphatic carbocycles. The monoisotopic (exact) mass is 212 g/mol. The van der Waals surface area contributed by atoms with Gasteiger partial charge < -0.3 is 11.1 Å². The van der Waals surface area contributed by atoms with Crippen LogP contribution in [0, 0.1) is 11.8 Å². The number of hydrogen-bond donors (Lipinski definition) is 2. The van der Waals surface area contributed by atoms with Crippen molar-refractivity contribution in [1.82, 2.24) is 5.32 Å². The van der Waals surface area contributed by atoms with Crippen LogP contribution in [-0.2, 0) is 4.79 Å². The van der Waals surface area contributed by atoms with Crippen molar-refractivity contribution in [1.29, 1.82) is 0 Å². The average Bonchev–Trinajstić information content (AvgIpc) is 2.19. The Bertz CT molecular complexity index is 202. The van der Waals surface area contributed by atoms with Crippen molar-refractivity contribution in [3.05, 3.63) is 0 Å². The standard InChI is InChI=1S/C12H24N2O/c1-3-10(8-13)12(15)14-11-6-4-5-9(2)7-11/h9-11H,3-8,13H2,1-2H3,(H,14,15). The van der Waals surface area contributed by atoms with E-state index in [1.165, 1.54) is 12.8 Å². The van der Waals surface area contributed by atoms with Crippen LogP contribution in [0.4, 0.5) is 0 Å². The van der Waals surface area contributed by atoms with Gasteiger partial charge in [0.1, 0.15) is 0 Å². The molecule has 0 radical (unpaired) electrons. The molecule has 0 saturated heterocycles. The molecule has 3 unspecified atom stereocenters. The van der Waals surface area contributed by atoms with E-state index in [0.29, 0.717) is 12.6 Å². The minimum absolute atomic E-state index is 0.00207. The average molecular weight is 212 g/mol.